The summed E-state index contributed by atoms with van der Waals surface area (Å²) in [6, 6.07) is 5.70. The maximum atomic E-state index is 12.6. The fourth-order valence-electron chi connectivity index (χ4n) is 1.21. The number of rotatable bonds is 4. The van der Waals surface area contributed by atoms with Crippen LogP contribution < -0.4 is 0 Å². The molecule has 20 heavy (non-hydrogen) atoms. The van der Waals surface area contributed by atoms with E-state index in [4.69, 9.17) is 4.55 Å². The van der Waals surface area contributed by atoms with Gasteiger partial charge in [0.05, 0.1) is 5.56 Å². The second-order valence-electron chi connectivity index (χ2n) is 3.66. The minimum Gasteiger partial charge on any atom is -0.448 e. The van der Waals surface area contributed by atoms with Crippen molar-refractivity contribution in [2.75, 3.05) is 5.75 Å². The van der Waals surface area contributed by atoms with E-state index in [0.29, 0.717) is 3.57 Å². The normalized spacial score (nSPS) is 13.8. The average Bonchev–Trinajstić information content (AvgIpc) is 2.25. The zero-order valence-electron chi connectivity index (χ0n) is 9.59. The van der Waals surface area contributed by atoms with Crippen LogP contribution in [0.3, 0.4) is 0 Å². The number of hydrogen-bond donors (Lipinski definition) is 1. The van der Waals surface area contributed by atoms with Crippen molar-refractivity contribution in [3.05, 3.63) is 33.4 Å². The van der Waals surface area contributed by atoms with Crippen molar-refractivity contribution < 1.29 is 35.7 Å². The summed E-state index contributed by atoms with van der Waals surface area (Å²) in [6.45, 7) is 0. The quantitative estimate of drug-likeness (QED) is 0.456. The molecule has 0 spiro atoms. The molecule has 1 N–H and O–H groups in total. The fraction of sp³-hybridized carbons (Fsp3) is 0.300. The highest BCUT2D eigenvalue weighted by molar-refractivity contribution is 14.1. The molecule has 0 aliphatic heterocycles. The molecule has 112 valence electrons. The summed E-state index contributed by atoms with van der Waals surface area (Å²) < 4.78 is 71.8. The number of carbonyl (C=O) groups excluding carboxylic acids is 1. The molecule has 1 aromatic rings. The van der Waals surface area contributed by atoms with E-state index in [9.17, 15) is 26.4 Å². The van der Waals surface area contributed by atoms with Crippen LogP contribution in [0, 0.1) is 3.57 Å². The lowest BCUT2D eigenvalue weighted by atomic mass is 10.2. The van der Waals surface area contributed by atoms with Crippen LogP contribution in [0.2, 0.25) is 0 Å². The van der Waals surface area contributed by atoms with Gasteiger partial charge in [0.15, 0.2) is 0 Å². The molecule has 0 saturated carbocycles. The summed E-state index contributed by atoms with van der Waals surface area (Å²) in [7, 11) is -4.94. The number of carbonyl (C=O) groups is 1. The highest BCUT2D eigenvalue weighted by atomic mass is 127. The Morgan fingerprint density at radius 2 is 1.90 bits per heavy atom. The second-order valence-corrected chi connectivity index (χ2v) is 6.32. The Hall–Kier alpha value is -0.880. The van der Waals surface area contributed by atoms with E-state index >= 15 is 0 Å². The number of hydrogen-bond acceptors (Lipinski definition) is 4. The summed E-state index contributed by atoms with van der Waals surface area (Å²) in [5.74, 6) is -3.06. The first-order chi connectivity index (χ1) is 9.00. The highest BCUT2D eigenvalue weighted by Crippen LogP contribution is 2.25. The third kappa shape index (κ3) is 5.25. The summed E-state index contributed by atoms with van der Waals surface area (Å²) in [6.07, 6.45) is -8.04. The molecule has 0 amide bonds. The minimum atomic E-state index is -5.11. The molecule has 1 rings (SSSR count). The number of benzene rings is 1. The fourth-order valence-corrected chi connectivity index (χ4v) is 2.45. The molecule has 0 aromatic heterocycles. The van der Waals surface area contributed by atoms with Gasteiger partial charge in [0.2, 0.25) is 6.10 Å². The van der Waals surface area contributed by atoms with Crippen molar-refractivity contribution in [2.45, 2.75) is 12.3 Å². The van der Waals surface area contributed by atoms with Crippen LogP contribution in [0.1, 0.15) is 10.4 Å². The van der Waals surface area contributed by atoms with Crippen LogP contribution >= 0.6 is 22.6 Å². The highest BCUT2D eigenvalue weighted by Gasteiger charge is 2.45. The molecule has 10 heteroatoms. The van der Waals surface area contributed by atoms with E-state index in [1.807, 2.05) is 0 Å². The Balaban J connectivity index is 2.97. The lowest BCUT2D eigenvalue weighted by Crippen LogP contribution is -2.39. The maximum Gasteiger partial charge on any atom is 0.426 e. The van der Waals surface area contributed by atoms with Crippen LogP contribution in [-0.4, -0.2) is 37.0 Å². The van der Waals surface area contributed by atoms with Crippen molar-refractivity contribution in [3.63, 3.8) is 0 Å². The Morgan fingerprint density at radius 3 is 2.35 bits per heavy atom. The number of halogens is 4. The molecular weight excluding hydrogens is 416 g/mol. The Kier molecular flexibility index (Phi) is 5.38. The van der Waals surface area contributed by atoms with Gasteiger partial charge >= 0.3 is 12.1 Å². The number of ether oxygens (including phenoxy) is 1. The van der Waals surface area contributed by atoms with Gasteiger partial charge in [-0.2, -0.15) is 21.6 Å². The molecule has 0 radical (unpaired) electrons. The first-order valence-corrected chi connectivity index (χ1v) is 7.67. The predicted octanol–water partition coefficient (Wildman–Crippen LogP) is 2.27. The van der Waals surface area contributed by atoms with Crippen LogP contribution in [0.15, 0.2) is 24.3 Å². The van der Waals surface area contributed by atoms with Crippen molar-refractivity contribution in [3.8, 4) is 0 Å². The minimum absolute atomic E-state index is 0.127. The van der Waals surface area contributed by atoms with Gasteiger partial charge < -0.3 is 4.74 Å². The van der Waals surface area contributed by atoms with Crippen molar-refractivity contribution in [2.24, 2.45) is 0 Å². The molecular formula is C10H8F3IO5S. The van der Waals surface area contributed by atoms with Crippen molar-refractivity contribution in [1.29, 1.82) is 0 Å². The number of esters is 1. The maximum absolute atomic E-state index is 12.6. The molecule has 1 aromatic carbocycles. The van der Waals surface area contributed by atoms with Gasteiger partial charge in [0.25, 0.3) is 10.1 Å². The van der Waals surface area contributed by atoms with Crippen molar-refractivity contribution >= 4 is 38.7 Å². The molecule has 0 heterocycles. The van der Waals surface area contributed by atoms with Crippen LogP contribution in [0.5, 0.6) is 0 Å². The van der Waals surface area contributed by atoms with E-state index in [0.717, 1.165) is 0 Å². The first kappa shape index (κ1) is 17.2. The van der Waals surface area contributed by atoms with Gasteiger partial charge in [-0.1, -0.05) is 12.1 Å². The van der Waals surface area contributed by atoms with E-state index in [-0.39, 0.29) is 5.56 Å². The Morgan fingerprint density at radius 1 is 1.35 bits per heavy atom. The molecule has 0 saturated heterocycles. The van der Waals surface area contributed by atoms with Crippen LogP contribution in [-0.2, 0) is 14.9 Å². The molecule has 5 nitrogen and oxygen atoms in total. The molecule has 1 atom stereocenters. The number of alkyl halides is 3. The topological polar surface area (TPSA) is 80.7 Å². The third-order valence-corrected chi connectivity index (χ3v) is 3.73. The zero-order valence-corrected chi connectivity index (χ0v) is 12.6. The average molecular weight is 424 g/mol. The van der Waals surface area contributed by atoms with E-state index in [1.54, 1.807) is 28.7 Å². The van der Waals surface area contributed by atoms with Gasteiger partial charge in [-0.25, -0.2) is 4.79 Å². The van der Waals surface area contributed by atoms with Gasteiger partial charge in [-0.3, -0.25) is 4.55 Å². The van der Waals surface area contributed by atoms with Crippen LogP contribution in [0.4, 0.5) is 13.2 Å². The lowest BCUT2D eigenvalue weighted by molar-refractivity contribution is -0.197. The summed E-state index contributed by atoms with van der Waals surface area (Å²) in [5.41, 5.74) is -0.127. The predicted molar refractivity (Wildman–Crippen MR) is 70.8 cm³/mol. The SMILES string of the molecule is O=C(OC(CS(=O)(=O)O)C(F)(F)F)c1ccccc1I. The molecule has 0 fully saturated rings. The summed E-state index contributed by atoms with van der Waals surface area (Å²) in [4.78, 5) is 11.6. The summed E-state index contributed by atoms with van der Waals surface area (Å²) >= 11 is 1.72. The lowest BCUT2D eigenvalue weighted by Gasteiger charge is -2.19. The standard InChI is InChI=1S/C10H8F3IO5S/c11-10(12,13)8(5-20(16,17)18)19-9(15)6-3-1-2-4-7(6)14/h1-4,8H,5H2,(H,16,17,18). The van der Waals surface area contributed by atoms with E-state index in [2.05, 4.69) is 4.74 Å². The molecule has 0 aliphatic rings. The van der Waals surface area contributed by atoms with Gasteiger partial charge in [-0.05, 0) is 34.7 Å². The smallest absolute Gasteiger partial charge is 0.426 e. The van der Waals surface area contributed by atoms with Gasteiger partial charge in [0, 0.05) is 3.57 Å². The van der Waals surface area contributed by atoms with E-state index in [1.165, 1.54) is 18.2 Å². The van der Waals surface area contributed by atoms with Gasteiger partial charge in [-0.15, -0.1) is 0 Å². The molecule has 1 unspecified atom stereocenters. The second kappa shape index (κ2) is 6.26. The Bertz CT molecular complexity index is 599. The third-order valence-electron chi connectivity index (χ3n) is 2.07. The van der Waals surface area contributed by atoms with E-state index < -0.39 is 34.1 Å². The monoisotopic (exact) mass is 424 g/mol. The zero-order chi connectivity index (χ0) is 15.6. The largest absolute Gasteiger partial charge is 0.448 e. The first-order valence-electron chi connectivity index (χ1n) is 4.98. The molecule has 0 aliphatic carbocycles. The molecule has 0 bridgehead atoms. The van der Waals surface area contributed by atoms with Crippen molar-refractivity contribution in [1.82, 2.24) is 0 Å². The summed E-state index contributed by atoms with van der Waals surface area (Å²) in [5, 5.41) is 0. The van der Waals surface area contributed by atoms with Crippen LogP contribution in [0.25, 0.3) is 0 Å². The Labute approximate surface area is 126 Å². The van der Waals surface area contributed by atoms with Gasteiger partial charge in [0.1, 0.15) is 5.75 Å².